The number of hydrogen-bond acceptors (Lipinski definition) is 3. The van der Waals surface area contributed by atoms with Crippen LogP contribution in [0, 0.1) is 6.92 Å². The van der Waals surface area contributed by atoms with Crippen molar-refractivity contribution in [3.8, 4) is 0 Å². The van der Waals surface area contributed by atoms with Crippen molar-refractivity contribution in [2.45, 2.75) is 13.8 Å². The van der Waals surface area contributed by atoms with Gasteiger partial charge in [0, 0.05) is 0 Å². The molecule has 0 amide bonds. The summed E-state index contributed by atoms with van der Waals surface area (Å²) in [5, 5.41) is 4.01. The van der Waals surface area contributed by atoms with E-state index in [0.29, 0.717) is 11.5 Å². The zero-order chi connectivity index (χ0) is 8.01. The smallest absolute Gasteiger partial charge is 0.245 e. The Hall–Kier alpha value is -1.45. The summed E-state index contributed by atoms with van der Waals surface area (Å²) in [6, 6.07) is 0. The molecule has 0 saturated carbocycles. The minimum Gasteiger partial charge on any atom is -0.284 e. The molecule has 2 rings (SSSR count). The van der Waals surface area contributed by atoms with Gasteiger partial charge in [0.15, 0.2) is 0 Å². The van der Waals surface area contributed by atoms with Crippen molar-refractivity contribution >= 4 is 11.5 Å². The Morgan fingerprint density at radius 3 is 2.82 bits per heavy atom. The van der Waals surface area contributed by atoms with Gasteiger partial charge in [-0.3, -0.25) is 4.79 Å². The Morgan fingerprint density at radius 2 is 2.18 bits per heavy atom. The van der Waals surface area contributed by atoms with E-state index < -0.39 is 0 Å². The van der Waals surface area contributed by atoms with E-state index in [0.717, 1.165) is 5.69 Å². The number of rotatable bonds is 0. The number of hydrogen-bond donors (Lipinski definition) is 0. The molecule has 11 heavy (non-hydrogen) atoms. The Kier molecular flexibility index (Phi) is 1.01. The van der Waals surface area contributed by atoms with Crippen LogP contribution in [0.5, 0.6) is 0 Å². The van der Waals surface area contributed by atoms with Gasteiger partial charge in [-0.1, -0.05) is 0 Å². The van der Waals surface area contributed by atoms with Gasteiger partial charge in [0.25, 0.3) is 0 Å². The van der Waals surface area contributed by atoms with E-state index in [2.05, 4.69) is 10.1 Å². The molecule has 0 fully saturated rings. The fourth-order valence-corrected chi connectivity index (χ4v) is 1.07. The Morgan fingerprint density at radius 1 is 1.45 bits per heavy atom. The zero-order valence-electron chi connectivity index (χ0n) is 6.33. The van der Waals surface area contributed by atoms with Crippen LogP contribution in [-0.4, -0.2) is 21.2 Å². The molecular weight excluding hydrogens is 142 g/mol. The third-order valence-electron chi connectivity index (χ3n) is 1.69. The van der Waals surface area contributed by atoms with Crippen LogP contribution in [-0.2, 0) is 0 Å². The summed E-state index contributed by atoms with van der Waals surface area (Å²) in [7, 11) is 0. The van der Waals surface area contributed by atoms with E-state index in [1.165, 1.54) is 0 Å². The first-order valence-corrected chi connectivity index (χ1v) is 3.35. The molecule has 4 heteroatoms. The first kappa shape index (κ1) is 6.27. The van der Waals surface area contributed by atoms with Crippen LogP contribution in [0.25, 0.3) is 0 Å². The van der Waals surface area contributed by atoms with Gasteiger partial charge in [-0.25, -0.2) is 9.66 Å². The molecule has 0 unspecified atom stereocenters. The molecule has 0 aromatic carbocycles. The molecule has 2 heterocycles. The second-order valence-corrected chi connectivity index (χ2v) is 2.55. The van der Waals surface area contributed by atoms with Gasteiger partial charge in [0.2, 0.25) is 11.6 Å². The van der Waals surface area contributed by atoms with E-state index in [9.17, 15) is 4.79 Å². The number of imidazole rings is 1. The highest BCUT2D eigenvalue weighted by Crippen LogP contribution is 2.11. The molecule has 0 bridgehead atoms. The first-order valence-electron chi connectivity index (χ1n) is 3.35. The molecule has 0 saturated heterocycles. The van der Waals surface area contributed by atoms with Gasteiger partial charge in [0.05, 0.1) is 11.9 Å². The summed E-state index contributed by atoms with van der Waals surface area (Å²) in [5.41, 5.74) is 1.40. The number of ketones is 1. The summed E-state index contributed by atoms with van der Waals surface area (Å²) >= 11 is 0. The molecule has 0 N–H and O–H groups in total. The first-order chi connectivity index (χ1) is 5.20. The van der Waals surface area contributed by atoms with Crippen LogP contribution in [0.1, 0.15) is 23.2 Å². The predicted molar refractivity (Wildman–Crippen MR) is 39.8 cm³/mol. The average Bonchev–Trinajstić information content (AvgIpc) is 2.43. The number of nitrogens with zero attached hydrogens (tertiary/aromatic N) is 3. The minimum atomic E-state index is -0.0712. The third-order valence-corrected chi connectivity index (χ3v) is 1.69. The number of aryl methyl sites for hydroxylation is 1. The molecule has 1 aliphatic heterocycles. The molecule has 1 aliphatic rings. The van der Waals surface area contributed by atoms with Crippen LogP contribution in [0.4, 0.5) is 0 Å². The molecular formula is C7H7N3O. The van der Waals surface area contributed by atoms with Gasteiger partial charge in [-0.15, -0.1) is 0 Å². The van der Waals surface area contributed by atoms with Crippen molar-refractivity contribution in [3.05, 3.63) is 17.7 Å². The molecule has 1 aromatic rings. The quantitative estimate of drug-likeness (QED) is 0.542. The van der Waals surface area contributed by atoms with Crippen LogP contribution in [0.3, 0.4) is 0 Å². The van der Waals surface area contributed by atoms with Crippen LogP contribution in [0.2, 0.25) is 0 Å². The van der Waals surface area contributed by atoms with E-state index >= 15 is 0 Å². The van der Waals surface area contributed by atoms with Gasteiger partial charge >= 0.3 is 0 Å². The zero-order valence-corrected chi connectivity index (χ0v) is 6.33. The van der Waals surface area contributed by atoms with Gasteiger partial charge < -0.3 is 0 Å². The SMILES string of the molecule is CC1=Nn2c(C)cnc2C1=O. The highest BCUT2D eigenvalue weighted by atomic mass is 16.1. The van der Waals surface area contributed by atoms with E-state index in [1.54, 1.807) is 17.8 Å². The molecule has 56 valence electrons. The fourth-order valence-electron chi connectivity index (χ4n) is 1.07. The van der Waals surface area contributed by atoms with E-state index in [4.69, 9.17) is 0 Å². The monoisotopic (exact) mass is 149 g/mol. The minimum absolute atomic E-state index is 0.0712. The highest BCUT2D eigenvalue weighted by Gasteiger charge is 2.23. The van der Waals surface area contributed by atoms with Crippen molar-refractivity contribution < 1.29 is 4.79 Å². The largest absolute Gasteiger partial charge is 0.284 e. The van der Waals surface area contributed by atoms with Crippen LogP contribution >= 0.6 is 0 Å². The number of carbonyl (C=O) groups is 1. The Bertz CT molecular complexity index is 362. The molecule has 4 nitrogen and oxygen atoms in total. The van der Waals surface area contributed by atoms with Crippen molar-refractivity contribution in [2.75, 3.05) is 0 Å². The maximum atomic E-state index is 11.2. The summed E-state index contributed by atoms with van der Waals surface area (Å²) < 4.78 is 1.57. The number of aromatic nitrogens is 2. The van der Waals surface area contributed by atoms with E-state index in [1.807, 2.05) is 6.92 Å². The predicted octanol–water partition coefficient (Wildman–Crippen LogP) is 0.612. The lowest BCUT2D eigenvalue weighted by atomic mass is 10.3. The standard InChI is InChI=1S/C7H7N3O/c1-4-3-8-7-6(11)5(2)9-10(4)7/h3H,1-2H3. The van der Waals surface area contributed by atoms with Crippen molar-refractivity contribution in [1.82, 2.24) is 9.66 Å². The normalized spacial score (nSPS) is 15.1. The maximum absolute atomic E-state index is 11.2. The average molecular weight is 149 g/mol. The van der Waals surface area contributed by atoms with Crippen molar-refractivity contribution in [3.63, 3.8) is 0 Å². The highest BCUT2D eigenvalue weighted by molar-refractivity contribution is 6.45. The second kappa shape index (κ2) is 1.78. The summed E-state index contributed by atoms with van der Waals surface area (Å²) in [4.78, 5) is 15.1. The molecule has 0 atom stereocenters. The molecule has 1 aromatic heterocycles. The fraction of sp³-hybridized carbons (Fsp3) is 0.286. The number of Topliss-reactive ketones (excluding diaryl/α,β-unsaturated/α-hetero) is 1. The number of carbonyl (C=O) groups excluding carboxylic acids is 1. The lowest BCUT2D eigenvalue weighted by Crippen LogP contribution is -2.05. The summed E-state index contributed by atoms with van der Waals surface area (Å²) in [5.74, 6) is 0.359. The topological polar surface area (TPSA) is 47.2 Å². The summed E-state index contributed by atoms with van der Waals surface area (Å²) in [6.45, 7) is 3.56. The molecule has 0 radical (unpaired) electrons. The van der Waals surface area contributed by atoms with Crippen LogP contribution in [0.15, 0.2) is 11.3 Å². The van der Waals surface area contributed by atoms with E-state index in [-0.39, 0.29) is 5.78 Å². The number of fused-ring (bicyclic) bond motifs is 1. The van der Waals surface area contributed by atoms with Crippen molar-refractivity contribution in [2.24, 2.45) is 5.10 Å². The van der Waals surface area contributed by atoms with Crippen molar-refractivity contribution in [1.29, 1.82) is 0 Å². The second-order valence-electron chi connectivity index (χ2n) is 2.55. The van der Waals surface area contributed by atoms with Gasteiger partial charge in [-0.2, -0.15) is 5.10 Å². The third kappa shape index (κ3) is 0.661. The van der Waals surface area contributed by atoms with Gasteiger partial charge in [-0.05, 0) is 13.8 Å². The Balaban J connectivity index is 2.70. The lowest BCUT2D eigenvalue weighted by molar-refractivity contribution is 0.106. The molecule has 0 aliphatic carbocycles. The van der Waals surface area contributed by atoms with Gasteiger partial charge in [0.1, 0.15) is 5.71 Å². The molecule has 0 spiro atoms. The summed E-state index contributed by atoms with van der Waals surface area (Å²) in [6.07, 6.45) is 1.64. The van der Waals surface area contributed by atoms with Crippen LogP contribution < -0.4 is 0 Å². The lowest BCUT2D eigenvalue weighted by Gasteiger charge is -1.89. The Labute approximate surface area is 63.6 Å². The maximum Gasteiger partial charge on any atom is 0.245 e.